The van der Waals surface area contributed by atoms with E-state index in [9.17, 15) is 0 Å². The van der Waals surface area contributed by atoms with Crippen LogP contribution in [0.25, 0.3) is 22.6 Å². The highest BCUT2D eigenvalue weighted by Gasteiger charge is 2.12. The molecule has 0 atom stereocenters. The number of aromatic nitrogens is 2. The molecule has 0 spiro atoms. The molecule has 3 aromatic carbocycles. The molecule has 4 rings (SSSR count). The third-order valence-corrected chi connectivity index (χ3v) is 5.46. The van der Waals surface area contributed by atoms with Gasteiger partial charge in [-0.25, -0.2) is 4.98 Å². The van der Waals surface area contributed by atoms with E-state index in [-0.39, 0.29) is 0 Å². The SMILES string of the molecule is COc1cc(OCc2ccc(C#N)cc2)ccc1-c1cnc(-c2ccc(Cl)c(Cl)c2)[nH]1. The number of hydrogen-bond acceptors (Lipinski definition) is 4. The van der Waals surface area contributed by atoms with Gasteiger partial charge in [0.05, 0.1) is 40.7 Å². The van der Waals surface area contributed by atoms with Crippen molar-refractivity contribution in [2.75, 3.05) is 7.11 Å². The summed E-state index contributed by atoms with van der Waals surface area (Å²) < 4.78 is 11.5. The molecule has 0 saturated heterocycles. The zero-order valence-corrected chi connectivity index (χ0v) is 18.0. The molecule has 1 N–H and O–H groups in total. The van der Waals surface area contributed by atoms with Crippen LogP contribution in [-0.2, 0) is 6.61 Å². The second-order valence-corrected chi connectivity index (χ2v) is 7.55. The first-order valence-corrected chi connectivity index (χ1v) is 10.1. The molecule has 0 aliphatic rings. The van der Waals surface area contributed by atoms with Gasteiger partial charge in [0.1, 0.15) is 23.9 Å². The molecule has 31 heavy (non-hydrogen) atoms. The van der Waals surface area contributed by atoms with Gasteiger partial charge in [0, 0.05) is 17.2 Å². The Hall–Kier alpha value is -3.46. The van der Waals surface area contributed by atoms with Crippen molar-refractivity contribution in [3.8, 4) is 40.2 Å². The van der Waals surface area contributed by atoms with Crippen molar-refractivity contribution >= 4 is 23.2 Å². The smallest absolute Gasteiger partial charge is 0.137 e. The van der Waals surface area contributed by atoms with Gasteiger partial charge < -0.3 is 14.5 Å². The molecule has 1 aromatic heterocycles. The van der Waals surface area contributed by atoms with Crippen LogP contribution in [0.2, 0.25) is 10.0 Å². The summed E-state index contributed by atoms with van der Waals surface area (Å²) in [5.74, 6) is 2.01. The average Bonchev–Trinajstić information content (AvgIpc) is 3.29. The van der Waals surface area contributed by atoms with Gasteiger partial charge in [0.15, 0.2) is 0 Å². The van der Waals surface area contributed by atoms with Crippen LogP contribution < -0.4 is 9.47 Å². The summed E-state index contributed by atoms with van der Waals surface area (Å²) >= 11 is 12.1. The number of nitriles is 1. The van der Waals surface area contributed by atoms with Crippen molar-refractivity contribution in [2.24, 2.45) is 0 Å². The topological polar surface area (TPSA) is 70.9 Å². The lowest BCUT2D eigenvalue weighted by Gasteiger charge is -2.11. The third kappa shape index (κ3) is 4.66. The van der Waals surface area contributed by atoms with Gasteiger partial charge >= 0.3 is 0 Å². The van der Waals surface area contributed by atoms with E-state index in [2.05, 4.69) is 16.0 Å². The predicted octanol–water partition coefficient (Wildman–Crippen LogP) is 6.51. The Morgan fingerprint density at radius 2 is 1.81 bits per heavy atom. The van der Waals surface area contributed by atoms with Gasteiger partial charge in [-0.15, -0.1) is 0 Å². The van der Waals surface area contributed by atoms with Crippen LogP contribution in [0.15, 0.2) is 66.9 Å². The molecule has 4 aromatic rings. The zero-order valence-electron chi connectivity index (χ0n) is 16.5. The Kier molecular flexibility index (Phi) is 6.13. The molecule has 0 fully saturated rings. The first-order chi connectivity index (χ1) is 15.1. The molecule has 7 heteroatoms. The lowest BCUT2D eigenvalue weighted by Crippen LogP contribution is -1.97. The maximum Gasteiger partial charge on any atom is 0.137 e. The predicted molar refractivity (Wildman–Crippen MR) is 122 cm³/mol. The fourth-order valence-electron chi connectivity index (χ4n) is 3.07. The average molecular weight is 450 g/mol. The number of methoxy groups -OCH3 is 1. The first kappa shape index (κ1) is 20.8. The Morgan fingerprint density at radius 1 is 1.00 bits per heavy atom. The number of benzene rings is 3. The molecule has 0 unspecified atom stereocenters. The molecule has 0 bridgehead atoms. The van der Waals surface area contributed by atoms with E-state index >= 15 is 0 Å². The highest BCUT2D eigenvalue weighted by molar-refractivity contribution is 6.42. The van der Waals surface area contributed by atoms with Gasteiger partial charge in [0.25, 0.3) is 0 Å². The molecule has 0 radical (unpaired) electrons. The van der Waals surface area contributed by atoms with Crippen molar-refractivity contribution in [1.29, 1.82) is 5.26 Å². The summed E-state index contributed by atoms with van der Waals surface area (Å²) in [6.07, 6.45) is 1.74. The number of hydrogen-bond donors (Lipinski definition) is 1. The van der Waals surface area contributed by atoms with E-state index in [4.69, 9.17) is 37.9 Å². The second-order valence-electron chi connectivity index (χ2n) is 6.73. The number of H-pyrrole nitrogens is 1. The number of nitrogens with zero attached hydrogens (tertiary/aromatic N) is 2. The summed E-state index contributed by atoms with van der Waals surface area (Å²) in [4.78, 5) is 7.75. The number of nitrogens with one attached hydrogen (secondary N) is 1. The van der Waals surface area contributed by atoms with Crippen LogP contribution in [0.5, 0.6) is 11.5 Å². The Morgan fingerprint density at radius 3 is 2.52 bits per heavy atom. The lowest BCUT2D eigenvalue weighted by atomic mass is 10.1. The fourth-order valence-corrected chi connectivity index (χ4v) is 3.37. The van der Waals surface area contributed by atoms with E-state index in [0.29, 0.717) is 39.5 Å². The summed E-state index contributed by atoms with van der Waals surface area (Å²) in [7, 11) is 1.61. The van der Waals surface area contributed by atoms with Crippen LogP contribution >= 0.6 is 23.2 Å². The minimum Gasteiger partial charge on any atom is -0.496 e. The quantitative estimate of drug-likeness (QED) is 0.364. The van der Waals surface area contributed by atoms with Gasteiger partial charge in [-0.2, -0.15) is 5.26 Å². The van der Waals surface area contributed by atoms with Gasteiger partial charge in [-0.3, -0.25) is 0 Å². The molecular weight excluding hydrogens is 433 g/mol. The van der Waals surface area contributed by atoms with Crippen molar-refractivity contribution < 1.29 is 9.47 Å². The number of imidazole rings is 1. The van der Waals surface area contributed by atoms with Crippen molar-refractivity contribution in [2.45, 2.75) is 6.61 Å². The summed E-state index contributed by atoms with van der Waals surface area (Å²) in [5, 5.41) is 9.86. The van der Waals surface area contributed by atoms with E-state index in [1.807, 2.05) is 36.4 Å². The van der Waals surface area contributed by atoms with Gasteiger partial charge in [0.2, 0.25) is 0 Å². The number of aromatic amines is 1. The first-order valence-electron chi connectivity index (χ1n) is 9.38. The van der Waals surface area contributed by atoms with E-state index < -0.39 is 0 Å². The summed E-state index contributed by atoms with van der Waals surface area (Å²) in [5.41, 5.74) is 4.09. The highest BCUT2D eigenvalue weighted by Crippen LogP contribution is 2.34. The molecule has 154 valence electrons. The summed E-state index contributed by atoms with van der Waals surface area (Å²) in [6.45, 7) is 0.389. The maximum absolute atomic E-state index is 8.89. The molecule has 1 heterocycles. The van der Waals surface area contributed by atoms with E-state index in [1.54, 1.807) is 37.6 Å². The third-order valence-electron chi connectivity index (χ3n) is 4.72. The summed E-state index contributed by atoms with van der Waals surface area (Å²) in [6, 6.07) is 20.4. The normalized spacial score (nSPS) is 10.5. The van der Waals surface area contributed by atoms with E-state index in [0.717, 1.165) is 22.4 Å². The minimum absolute atomic E-state index is 0.389. The van der Waals surface area contributed by atoms with E-state index in [1.165, 1.54) is 0 Å². The standard InChI is InChI=1S/C24H17Cl2N3O2/c1-30-23-11-18(31-14-16-4-2-15(12-27)3-5-16)7-8-19(23)22-13-28-24(29-22)17-6-9-20(25)21(26)10-17/h2-11,13H,14H2,1H3,(H,28,29). The number of ether oxygens (including phenoxy) is 2. The largest absolute Gasteiger partial charge is 0.496 e. The molecule has 0 saturated carbocycles. The van der Waals surface area contributed by atoms with Crippen molar-refractivity contribution in [3.63, 3.8) is 0 Å². The fraction of sp³-hybridized carbons (Fsp3) is 0.0833. The van der Waals surface area contributed by atoms with Crippen LogP contribution in [0.3, 0.4) is 0 Å². The monoisotopic (exact) mass is 449 g/mol. The number of rotatable bonds is 6. The van der Waals surface area contributed by atoms with Crippen LogP contribution in [0, 0.1) is 11.3 Å². The second kappa shape index (κ2) is 9.13. The Labute approximate surface area is 189 Å². The molecular formula is C24H17Cl2N3O2. The Bertz CT molecular complexity index is 1260. The van der Waals surface area contributed by atoms with Crippen LogP contribution in [0.1, 0.15) is 11.1 Å². The van der Waals surface area contributed by atoms with Gasteiger partial charge in [-0.05, 0) is 48.0 Å². The van der Waals surface area contributed by atoms with Crippen LogP contribution in [-0.4, -0.2) is 17.1 Å². The highest BCUT2D eigenvalue weighted by atomic mass is 35.5. The van der Waals surface area contributed by atoms with Crippen molar-refractivity contribution in [1.82, 2.24) is 9.97 Å². The maximum atomic E-state index is 8.89. The molecule has 0 aliphatic carbocycles. The van der Waals surface area contributed by atoms with Gasteiger partial charge in [-0.1, -0.05) is 35.3 Å². The Balaban J connectivity index is 1.53. The minimum atomic E-state index is 0.389. The number of halogens is 2. The van der Waals surface area contributed by atoms with Crippen molar-refractivity contribution in [3.05, 3.63) is 88.0 Å². The van der Waals surface area contributed by atoms with Crippen LogP contribution in [0.4, 0.5) is 0 Å². The molecule has 0 amide bonds. The molecule has 5 nitrogen and oxygen atoms in total. The lowest BCUT2D eigenvalue weighted by molar-refractivity contribution is 0.304. The zero-order chi connectivity index (χ0) is 21.8. The molecule has 0 aliphatic heterocycles.